The molecule has 0 radical (unpaired) electrons. The molecule has 0 bridgehead atoms. The molecule has 1 N–H and O–H groups in total. The number of benzene rings is 1. The van der Waals surface area contributed by atoms with E-state index in [-0.39, 0.29) is 18.4 Å². The summed E-state index contributed by atoms with van der Waals surface area (Å²) in [4.78, 5) is 29.4. The number of halogens is 1. The summed E-state index contributed by atoms with van der Waals surface area (Å²) in [5.41, 5.74) is 1.80. The van der Waals surface area contributed by atoms with E-state index in [0.717, 1.165) is 11.3 Å². The lowest BCUT2D eigenvalue weighted by molar-refractivity contribution is -0.134. The van der Waals surface area contributed by atoms with Crippen molar-refractivity contribution in [3.8, 4) is 0 Å². The molecule has 2 aromatic rings. The van der Waals surface area contributed by atoms with Crippen LogP contribution in [0.2, 0.25) is 5.02 Å². The first-order chi connectivity index (χ1) is 11.5. The zero-order valence-corrected chi connectivity index (χ0v) is 14.3. The second-order valence-corrected chi connectivity index (χ2v) is 5.86. The van der Waals surface area contributed by atoms with Crippen molar-refractivity contribution in [2.75, 3.05) is 13.1 Å². The third-order valence-corrected chi connectivity index (χ3v) is 3.72. The highest BCUT2D eigenvalue weighted by atomic mass is 35.5. The molecule has 0 atom stereocenters. The Morgan fingerprint density at radius 3 is 2.71 bits per heavy atom. The molecule has 0 aliphatic heterocycles. The molecular formula is C18H20ClN3O2. The quantitative estimate of drug-likeness (QED) is 0.838. The van der Waals surface area contributed by atoms with Gasteiger partial charge in [-0.05, 0) is 36.2 Å². The van der Waals surface area contributed by atoms with Crippen molar-refractivity contribution in [3.63, 3.8) is 0 Å². The molecule has 2 rings (SSSR count). The van der Waals surface area contributed by atoms with Crippen LogP contribution in [-0.2, 0) is 22.6 Å². The first kappa shape index (κ1) is 17.9. The Kier molecular flexibility index (Phi) is 6.75. The molecule has 5 nitrogen and oxygen atoms in total. The number of aromatic nitrogens is 1. The average Bonchev–Trinajstić information content (AvgIpc) is 2.55. The van der Waals surface area contributed by atoms with Gasteiger partial charge in [0, 0.05) is 24.7 Å². The Balaban J connectivity index is 1.81. The summed E-state index contributed by atoms with van der Waals surface area (Å²) in [7, 11) is 0. The van der Waals surface area contributed by atoms with Crippen molar-refractivity contribution in [2.45, 2.75) is 19.9 Å². The van der Waals surface area contributed by atoms with Gasteiger partial charge in [0.1, 0.15) is 0 Å². The van der Waals surface area contributed by atoms with Crippen molar-refractivity contribution < 1.29 is 9.59 Å². The molecule has 0 fully saturated rings. The molecule has 0 aliphatic carbocycles. The van der Waals surface area contributed by atoms with Gasteiger partial charge in [-0.3, -0.25) is 14.6 Å². The molecule has 0 aliphatic rings. The Labute approximate surface area is 146 Å². The average molecular weight is 346 g/mol. The number of pyridine rings is 1. The van der Waals surface area contributed by atoms with Crippen molar-refractivity contribution in [3.05, 3.63) is 64.9 Å². The standard InChI is InChI=1S/C18H20ClN3O2/c1-14(23)22(12-17-7-2-3-9-20-17)13-18(24)21-10-8-15-5-4-6-16(19)11-15/h2-7,9,11H,8,10,12-13H2,1H3,(H,21,24). The van der Waals surface area contributed by atoms with Crippen LogP contribution >= 0.6 is 11.6 Å². The van der Waals surface area contributed by atoms with E-state index in [4.69, 9.17) is 11.6 Å². The van der Waals surface area contributed by atoms with Crippen LogP contribution in [-0.4, -0.2) is 34.8 Å². The minimum Gasteiger partial charge on any atom is -0.354 e. The molecule has 0 spiro atoms. The molecule has 0 unspecified atom stereocenters. The van der Waals surface area contributed by atoms with Crippen LogP contribution in [0.4, 0.5) is 0 Å². The smallest absolute Gasteiger partial charge is 0.239 e. The molecule has 1 aromatic carbocycles. The van der Waals surface area contributed by atoms with Crippen LogP contribution in [0.3, 0.4) is 0 Å². The topological polar surface area (TPSA) is 62.3 Å². The maximum absolute atomic E-state index is 12.1. The lowest BCUT2D eigenvalue weighted by Crippen LogP contribution is -2.40. The molecule has 1 heterocycles. The summed E-state index contributed by atoms with van der Waals surface area (Å²) in [5.74, 6) is -0.353. The van der Waals surface area contributed by atoms with E-state index >= 15 is 0 Å². The number of nitrogens with zero attached hydrogens (tertiary/aromatic N) is 2. The van der Waals surface area contributed by atoms with Crippen LogP contribution in [0.1, 0.15) is 18.2 Å². The van der Waals surface area contributed by atoms with E-state index in [1.165, 1.54) is 11.8 Å². The van der Waals surface area contributed by atoms with Crippen LogP contribution in [0.25, 0.3) is 0 Å². The van der Waals surface area contributed by atoms with Gasteiger partial charge >= 0.3 is 0 Å². The van der Waals surface area contributed by atoms with Gasteiger partial charge in [0.15, 0.2) is 0 Å². The fraction of sp³-hybridized carbons (Fsp3) is 0.278. The Morgan fingerprint density at radius 1 is 1.21 bits per heavy atom. The minimum atomic E-state index is -0.192. The van der Waals surface area contributed by atoms with Crippen LogP contribution in [0, 0.1) is 0 Å². The maximum Gasteiger partial charge on any atom is 0.239 e. The summed E-state index contributed by atoms with van der Waals surface area (Å²) in [5, 5.41) is 3.50. The summed E-state index contributed by atoms with van der Waals surface area (Å²) < 4.78 is 0. The normalized spacial score (nSPS) is 10.2. The van der Waals surface area contributed by atoms with Gasteiger partial charge in [0.2, 0.25) is 11.8 Å². The van der Waals surface area contributed by atoms with E-state index in [0.29, 0.717) is 24.5 Å². The number of rotatable bonds is 7. The molecule has 1 aromatic heterocycles. The summed E-state index contributed by atoms with van der Waals surface area (Å²) in [6, 6.07) is 13.0. The van der Waals surface area contributed by atoms with Gasteiger partial charge in [-0.25, -0.2) is 0 Å². The highest BCUT2D eigenvalue weighted by Gasteiger charge is 2.14. The number of carbonyl (C=O) groups excluding carboxylic acids is 2. The predicted octanol–water partition coefficient (Wildman–Crippen LogP) is 2.44. The molecule has 0 saturated heterocycles. The number of hydrogen-bond donors (Lipinski definition) is 1. The van der Waals surface area contributed by atoms with Crippen molar-refractivity contribution in [1.82, 2.24) is 15.2 Å². The third kappa shape index (κ3) is 6.01. The van der Waals surface area contributed by atoms with Crippen molar-refractivity contribution in [1.29, 1.82) is 0 Å². The SMILES string of the molecule is CC(=O)N(CC(=O)NCCc1cccc(Cl)c1)Cc1ccccn1. The number of amides is 2. The van der Waals surface area contributed by atoms with Gasteiger partial charge in [0.25, 0.3) is 0 Å². The Hall–Kier alpha value is -2.40. The van der Waals surface area contributed by atoms with Gasteiger partial charge in [0.05, 0.1) is 18.8 Å². The molecule has 24 heavy (non-hydrogen) atoms. The molecule has 6 heteroatoms. The fourth-order valence-corrected chi connectivity index (χ4v) is 2.45. The van der Waals surface area contributed by atoms with Crippen molar-refractivity contribution >= 4 is 23.4 Å². The maximum atomic E-state index is 12.1. The van der Waals surface area contributed by atoms with Crippen LogP contribution in [0.5, 0.6) is 0 Å². The van der Waals surface area contributed by atoms with Gasteiger partial charge < -0.3 is 10.2 Å². The molecule has 2 amide bonds. The Morgan fingerprint density at radius 2 is 2.04 bits per heavy atom. The number of hydrogen-bond acceptors (Lipinski definition) is 3. The highest BCUT2D eigenvalue weighted by Crippen LogP contribution is 2.10. The predicted molar refractivity (Wildman–Crippen MR) is 93.5 cm³/mol. The van der Waals surface area contributed by atoms with Crippen molar-refractivity contribution in [2.24, 2.45) is 0 Å². The minimum absolute atomic E-state index is 0.0153. The van der Waals surface area contributed by atoms with Gasteiger partial charge in [-0.15, -0.1) is 0 Å². The zero-order chi connectivity index (χ0) is 17.4. The summed E-state index contributed by atoms with van der Waals surface area (Å²) >= 11 is 5.93. The van der Waals surface area contributed by atoms with Crippen LogP contribution < -0.4 is 5.32 Å². The van der Waals surface area contributed by atoms with E-state index < -0.39 is 0 Å². The first-order valence-electron chi connectivity index (χ1n) is 7.71. The fourth-order valence-electron chi connectivity index (χ4n) is 2.23. The molecular weight excluding hydrogens is 326 g/mol. The third-order valence-electron chi connectivity index (χ3n) is 3.48. The second-order valence-electron chi connectivity index (χ2n) is 5.43. The largest absolute Gasteiger partial charge is 0.354 e. The zero-order valence-electron chi connectivity index (χ0n) is 13.5. The lowest BCUT2D eigenvalue weighted by atomic mass is 10.1. The molecule has 126 valence electrons. The monoisotopic (exact) mass is 345 g/mol. The summed E-state index contributed by atoms with van der Waals surface area (Å²) in [6.07, 6.45) is 2.35. The number of nitrogens with one attached hydrogen (secondary N) is 1. The number of carbonyl (C=O) groups is 2. The van der Waals surface area contributed by atoms with E-state index in [1.807, 2.05) is 42.5 Å². The highest BCUT2D eigenvalue weighted by molar-refractivity contribution is 6.30. The van der Waals surface area contributed by atoms with E-state index in [2.05, 4.69) is 10.3 Å². The first-order valence-corrected chi connectivity index (χ1v) is 8.09. The Bertz CT molecular complexity index is 692. The molecule has 0 saturated carbocycles. The second kappa shape index (κ2) is 9.03. The van der Waals surface area contributed by atoms with Crippen LogP contribution in [0.15, 0.2) is 48.7 Å². The lowest BCUT2D eigenvalue weighted by Gasteiger charge is -2.20. The summed E-state index contributed by atoms with van der Waals surface area (Å²) in [6.45, 7) is 2.27. The van der Waals surface area contributed by atoms with E-state index in [1.54, 1.807) is 6.20 Å². The van der Waals surface area contributed by atoms with Gasteiger partial charge in [-0.1, -0.05) is 29.8 Å². The van der Waals surface area contributed by atoms with Gasteiger partial charge in [-0.2, -0.15) is 0 Å². The van der Waals surface area contributed by atoms with E-state index in [9.17, 15) is 9.59 Å².